The fourth-order valence-corrected chi connectivity index (χ4v) is 4.09. The summed E-state index contributed by atoms with van der Waals surface area (Å²) in [5.74, 6) is 1.53. The molecule has 0 aliphatic carbocycles. The molecule has 2 aromatic heterocycles. The second-order valence-electron chi connectivity index (χ2n) is 6.98. The number of nitrogens with zero attached hydrogens (tertiary/aromatic N) is 3. The van der Waals surface area contributed by atoms with Gasteiger partial charge in [-0.2, -0.15) is 0 Å². The quantitative estimate of drug-likeness (QED) is 0.851. The monoisotopic (exact) mass is 362 g/mol. The van der Waals surface area contributed by atoms with E-state index in [4.69, 9.17) is 4.52 Å². The van der Waals surface area contributed by atoms with Crippen LogP contribution in [0.5, 0.6) is 0 Å². The summed E-state index contributed by atoms with van der Waals surface area (Å²) in [4.78, 5) is 19.2. The van der Waals surface area contributed by atoms with Crippen LogP contribution in [0.25, 0.3) is 0 Å². The van der Waals surface area contributed by atoms with Gasteiger partial charge in [-0.25, -0.2) is 4.98 Å². The molecule has 1 atom stereocenters. The molecule has 1 aliphatic heterocycles. The van der Waals surface area contributed by atoms with E-state index >= 15 is 0 Å². The lowest BCUT2D eigenvalue weighted by atomic mass is 10.0. The summed E-state index contributed by atoms with van der Waals surface area (Å²) in [6, 6.07) is 0. The molecule has 0 bridgehead atoms. The van der Waals surface area contributed by atoms with Crippen molar-refractivity contribution < 1.29 is 9.32 Å². The number of likely N-dealkylation sites (tertiary alicyclic amines) is 1. The fraction of sp³-hybridized carbons (Fsp3) is 0.611. The average Bonchev–Trinajstić information content (AvgIpc) is 3.12. The van der Waals surface area contributed by atoms with E-state index in [1.165, 1.54) is 24.2 Å². The molecule has 0 radical (unpaired) electrons. The van der Waals surface area contributed by atoms with Crippen molar-refractivity contribution >= 4 is 22.4 Å². The SMILES string of the molecule is Cc1noc(C)c1CCC(=O)Nc1nc(CN2CCCC(C)C2)cs1. The van der Waals surface area contributed by atoms with Crippen molar-refractivity contribution in [3.8, 4) is 0 Å². The molecule has 136 valence electrons. The number of carbonyl (C=O) groups is 1. The molecule has 1 aliphatic rings. The Morgan fingerprint density at radius 2 is 2.32 bits per heavy atom. The van der Waals surface area contributed by atoms with Gasteiger partial charge in [0.1, 0.15) is 5.76 Å². The van der Waals surface area contributed by atoms with E-state index < -0.39 is 0 Å². The van der Waals surface area contributed by atoms with Crippen LogP contribution in [0.2, 0.25) is 0 Å². The van der Waals surface area contributed by atoms with Gasteiger partial charge in [0.2, 0.25) is 5.91 Å². The van der Waals surface area contributed by atoms with Crippen molar-refractivity contribution in [2.75, 3.05) is 18.4 Å². The van der Waals surface area contributed by atoms with Crippen molar-refractivity contribution in [2.24, 2.45) is 5.92 Å². The van der Waals surface area contributed by atoms with E-state index in [-0.39, 0.29) is 5.91 Å². The zero-order chi connectivity index (χ0) is 17.8. The molecular formula is C18H26N4O2S. The van der Waals surface area contributed by atoms with Gasteiger partial charge in [0, 0.05) is 30.5 Å². The van der Waals surface area contributed by atoms with Crippen LogP contribution in [0, 0.1) is 19.8 Å². The Morgan fingerprint density at radius 3 is 3.04 bits per heavy atom. The van der Waals surface area contributed by atoms with Crippen LogP contribution in [0.15, 0.2) is 9.90 Å². The van der Waals surface area contributed by atoms with E-state index in [0.717, 1.165) is 48.3 Å². The minimum Gasteiger partial charge on any atom is -0.361 e. The Kier molecular flexibility index (Phi) is 5.86. The van der Waals surface area contributed by atoms with E-state index in [1.54, 1.807) is 0 Å². The fourth-order valence-electron chi connectivity index (χ4n) is 3.38. The number of carbonyl (C=O) groups excluding carboxylic acids is 1. The van der Waals surface area contributed by atoms with Crippen LogP contribution in [0.4, 0.5) is 5.13 Å². The number of piperidine rings is 1. The highest BCUT2D eigenvalue weighted by Crippen LogP contribution is 2.21. The maximum absolute atomic E-state index is 12.2. The first kappa shape index (κ1) is 18.1. The van der Waals surface area contributed by atoms with Gasteiger partial charge in [0.25, 0.3) is 0 Å². The Hall–Kier alpha value is -1.73. The summed E-state index contributed by atoms with van der Waals surface area (Å²) in [5, 5.41) is 9.56. The third kappa shape index (κ3) is 4.89. The number of hydrogen-bond acceptors (Lipinski definition) is 6. The van der Waals surface area contributed by atoms with Crippen molar-refractivity contribution in [1.29, 1.82) is 0 Å². The minimum absolute atomic E-state index is 0.0208. The maximum atomic E-state index is 12.2. The average molecular weight is 362 g/mol. The van der Waals surface area contributed by atoms with Crippen molar-refractivity contribution in [3.63, 3.8) is 0 Å². The van der Waals surface area contributed by atoms with E-state index in [9.17, 15) is 4.79 Å². The van der Waals surface area contributed by atoms with Crippen molar-refractivity contribution in [3.05, 3.63) is 28.1 Å². The van der Waals surface area contributed by atoms with Crippen LogP contribution in [-0.4, -0.2) is 34.0 Å². The highest BCUT2D eigenvalue weighted by molar-refractivity contribution is 7.13. The van der Waals surface area contributed by atoms with Crippen LogP contribution in [0.1, 0.15) is 48.9 Å². The number of aryl methyl sites for hydroxylation is 2. The van der Waals surface area contributed by atoms with Crippen LogP contribution < -0.4 is 5.32 Å². The van der Waals surface area contributed by atoms with Gasteiger partial charge >= 0.3 is 0 Å². The normalized spacial score (nSPS) is 18.4. The van der Waals surface area contributed by atoms with Crippen LogP contribution in [0.3, 0.4) is 0 Å². The first-order chi connectivity index (χ1) is 12.0. The molecule has 0 spiro atoms. The first-order valence-corrected chi connectivity index (χ1v) is 9.77. The van der Waals surface area contributed by atoms with E-state index in [1.807, 2.05) is 19.2 Å². The number of amides is 1. The topological polar surface area (TPSA) is 71.3 Å². The number of anilines is 1. The molecule has 1 amide bonds. The molecule has 0 aromatic carbocycles. The Morgan fingerprint density at radius 1 is 1.48 bits per heavy atom. The van der Waals surface area contributed by atoms with Crippen molar-refractivity contribution in [1.82, 2.24) is 15.0 Å². The molecule has 1 N–H and O–H groups in total. The van der Waals surface area contributed by atoms with Gasteiger partial charge in [-0.05, 0) is 45.6 Å². The molecule has 0 saturated carbocycles. The summed E-state index contributed by atoms with van der Waals surface area (Å²) in [5.41, 5.74) is 2.92. The number of thiazole rings is 1. The molecule has 3 heterocycles. The highest BCUT2D eigenvalue weighted by Gasteiger charge is 2.18. The van der Waals surface area contributed by atoms with E-state index in [0.29, 0.717) is 18.0 Å². The second-order valence-corrected chi connectivity index (χ2v) is 7.84. The third-order valence-electron chi connectivity index (χ3n) is 4.71. The maximum Gasteiger partial charge on any atom is 0.226 e. The molecule has 6 nitrogen and oxygen atoms in total. The smallest absolute Gasteiger partial charge is 0.226 e. The summed E-state index contributed by atoms with van der Waals surface area (Å²) in [6.45, 7) is 9.23. The zero-order valence-corrected chi connectivity index (χ0v) is 16.0. The number of aromatic nitrogens is 2. The first-order valence-electron chi connectivity index (χ1n) is 8.89. The molecule has 3 rings (SSSR count). The number of nitrogens with one attached hydrogen (secondary N) is 1. The van der Waals surface area contributed by atoms with Gasteiger partial charge in [-0.1, -0.05) is 12.1 Å². The molecule has 25 heavy (non-hydrogen) atoms. The predicted octanol–water partition coefficient (Wildman–Crippen LogP) is 3.55. The van der Waals surface area contributed by atoms with Gasteiger partial charge in [-0.15, -0.1) is 11.3 Å². The second kappa shape index (κ2) is 8.10. The largest absolute Gasteiger partial charge is 0.361 e. The Balaban J connectivity index is 1.48. The summed E-state index contributed by atoms with van der Waals surface area (Å²) < 4.78 is 5.13. The molecule has 1 saturated heterocycles. The molecule has 1 fully saturated rings. The summed E-state index contributed by atoms with van der Waals surface area (Å²) >= 11 is 1.50. The molecular weight excluding hydrogens is 336 g/mol. The van der Waals surface area contributed by atoms with Crippen LogP contribution >= 0.6 is 11.3 Å². The highest BCUT2D eigenvalue weighted by atomic mass is 32.1. The predicted molar refractivity (Wildman–Crippen MR) is 98.7 cm³/mol. The standard InChI is InChI=1S/C18H26N4O2S/c1-12-5-4-8-22(9-12)10-15-11-25-18(19-15)20-17(23)7-6-16-13(2)21-24-14(16)3/h11-12H,4-10H2,1-3H3,(H,19,20,23). The number of hydrogen-bond donors (Lipinski definition) is 1. The third-order valence-corrected chi connectivity index (χ3v) is 5.51. The Bertz CT molecular complexity index is 705. The minimum atomic E-state index is -0.0208. The van der Waals surface area contributed by atoms with Gasteiger partial charge in [-0.3, -0.25) is 9.69 Å². The molecule has 2 aromatic rings. The molecule has 7 heteroatoms. The summed E-state index contributed by atoms with van der Waals surface area (Å²) in [7, 11) is 0. The summed E-state index contributed by atoms with van der Waals surface area (Å²) in [6.07, 6.45) is 3.62. The lowest BCUT2D eigenvalue weighted by Gasteiger charge is -2.30. The zero-order valence-electron chi connectivity index (χ0n) is 15.2. The Labute approximate surface area is 152 Å². The van der Waals surface area contributed by atoms with Crippen LogP contribution in [-0.2, 0) is 17.8 Å². The van der Waals surface area contributed by atoms with Gasteiger partial charge in [0.15, 0.2) is 5.13 Å². The van der Waals surface area contributed by atoms with Gasteiger partial charge in [0.05, 0.1) is 11.4 Å². The molecule has 1 unspecified atom stereocenters. The lowest BCUT2D eigenvalue weighted by Crippen LogP contribution is -2.33. The lowest BCUT2D eigenvalue weighted by molar-refractivity contribution is -0.116. The van der Waals surface area contributed by atoms with Crippen molar-refractivity contribution in [2.45, 2.75) is 53.0 Å². The van der Waals surface area contributed by atoms with E-state index in [2.05, 4.69) is 27.3 Å². The van der Waals surface area contributed by atoms with Gasteiger partial charge < -0.3 is 9.84 Å². The number of rotatable bonds is 6.